The molecule has 0 unspecified atom stereocenters. The Balaban J connectivity index is 3.21. The van der Waals surface area contributed by atoms with E-state index >= 15 is 0 Å². The predicted octanol–water partition coefficient (Wildman–Crippen LogP) is 2.93. The lowest BCUT2D eigenvalue weighted by molar-refractivity contribution is 1.09. The number of nitrogens with two attached hydrogens (primary N) is 1. The van der Waals surface area contributed by atoms with Crippen LogP contribution in [0.25, 0.3) is 6.08 Å². The lowest BCUT2D eigenvalue weighted by Crippen LogP contribution is -1.99. The molecule has 0 radical (unpaired) electrons. The van der Waals surface area contributed by atoms with Crippen LogP contribution in [-0.2, 0) is 12.8 Å². The van der Waals surface area contributed by atoms with Gasteiger partial charge in [0.05, 0.1) is 6.07 Å². The molecule has 0 bridgehead atoms. The van der Waals surface area contributed by atoms with Crippen molar-refractivity contribution in [3.05, 3.63) is 34.9 Å². The second-order valence-corrected chi connectivity index (χ2v) is 3.42. The van der Waals surface area contributed by atoms with Gasteiger partial charge in [-0.3, -0.25) is 0 Å². The number of hydrogen-bond donors (Lipinski definition) is 1. The topological polar surface area (TPSA) is 49.8 Å². The van der Waals surface area contributed by atoms with Gasteiger partial charge in [-0.15, -0.1) is 0 Å². The summed E-state index contributed by atoms with van der Waals surface area (Å²) >= 11 is 0. The first kappa shape index (κ1) is 11.3. The standard InChI is InChI=1S/C13H16N2/c1-3-11-8-10(6-5-7-14)9-12(4-2)13(11)15/h5-6,8-9H,3-4,15H2,1-2H3. The van der Waals surface area contributed by atoms with Crippen LogP contribution in [-0.4, -0.2) is 0 Å². The van der Waals surface area contributed by atoms with Gasteiger partial charge in [0, 0.05) is 11.8 Å². The molecule has 2 heteroatoms. The van der Waals surface area contributed by atoms with Crippen LogP contribution in [0.4, 0.5) is 5.69 Å². The Morgan fingerprint density at radius 2 is 1.80 bits per heavy atom. The summed E-state index contributed by atoms with van der Waals surface area (Å²) < 4.78 is 0. The Bertz CT molecular complexity index is 386. The maximum Gasteiger partial charge on any atom is 0.0912 e. The van der Waals surface area contributed by atoms with Gasteiger partial charge in [-0.25, -0.2) is 0 Å². The third-order valence-electron chi connectivity index (χ3n) is 2.49. The molecule has 0 aliphatic heterocycles. The lowest BCUT2D eigenvalue weighted by Gasteiger charge is -2.10. The SMILES string of the molecule is CCc1cc(C=CC#N)cc(CC)c1N. The number of nitriles is 1. The minimum atomic E-state index is 0.897. The highest BCUT2D eigenvalue weighted by Crippen LogP contribution is 2.22. The summed E-state index contributed by atoms with van der Waals surface area (Å²) in [6.45, 7) is 4.17. The van der Waals surface area contributed by atoms with E-state index in [2.05, 4.69) is 13.8 Å². The Morgan fingerprint density at radius 3 is 2.20 bits per heavy atom. The Hall–Kier alpha value is -1.75. The average molecular weight is 200 g/mol. The van der Waals surface area contributed by atoms with E-state index in [-0.39, 0.29) is 0 Å². The molecule has 2 nitrogen and oxygen atoms in total. The first-order valence-electron chi connectivity index (χ1n) is 5.20. The highest BCUT2D eigenvalue weighted by atomic mass is 14.6. The van der Waals surface area contributed by atoms with Gasteiger partial charge in [0.2, 0.25) is 0 Å². The number of aryl methyl sites for hydroxylation is 2. The third kappa shape index (κ3) is 2.60. The van der Waals surface area contributed by atoms with E-state index in [1.165, 1.54) is 6.08 Å². The number of nitrogens with zero attached hydrogens (tertiary/aromatic N) is 1. The fourth-order valence-electron chi connectivity index (χ4n) is 1.62. The predicted molar refractivity (Wildman–Crippen MR) is 64.3 cm³/mol. The third-order valence-corrected chi connectivity index (χ3v) is 2.49. The van der Waals surface area contributed by atoms with Gasteiger partial charge in [-0.2, -0.15) is 5.26 Å². The van der Waals surface area contributed by atoms with Crippen LogP contribution in [0.2, 0.25) is 0 Å². The molecule has 1 aromatic rings. The van der Waals surface area contributed by atoms with Crippen LogP contribution in [0.3, 0.4) is 0 Å². The number of benzene rings is 1. The van der Waals surface area contributed by atoms with Gasteiger partial charge >= 0.3 is 0 Å². The van der Waals surface area contributed by atoms with Crippen molar-refractivity contribution in [1.82, 2.24) is 0 Å². The summed E-state index contributed by atoms with van der Waals surface area (Å²) in [6.07, 6.45) is 5.16. The molecule has 0 aromatic heterocycles. The van der Waals surface area contributed by atoms with Crippen molar-refractivity contribution >= 4 is 11.8 Å². The zero-order chi connectivity index (χ0) is 11.3. The molecular formula is C13H16N2. The molecule has 0 atom stereocenters. The van der Waals surface area contributed by atoms with Crippen molar-refractivity contribution in [3.8, 4) is 6.07 Å². The average Bonchev–Trinajstić information content (AvgIpc) is 2.27. The van der Waals surface area contributed by atoms with Crippen LogP contribution < -0.4 is 5.73 Å². The van der Waals surface area contributed by atoms with Crippen LogP contribution in [0.5, 0.6) is 0 Å². The number of allylic oxidation sites excluding steroid dienone is 1. The van der Waals surface area contributed by atoms with Crippen molar-refractivity contribution < 1.29 is 0 Å². The molecule has 0 saturated heterocycles. The Morgan fingerprint density at radius 1 is 1.27 bits per heavy atom. The fraction of sp³-hybridized carbons (Fsp3) is 0.308. The van der Waals surface area contributed by atoms with Gasteiger partial charge in [0.25, 0.3) is 0 Å². The van der Waals surface area contributed by atoms with Crippen LogP contribution >= 0.6 is 0 Å². The molecule has 2 N–H and O–H groups in total. The zero-order valence-electron chi connectivity index (χ0n) is 9.25. The highest BCUT2D eigenvalue weighted by Gasteiger charge is 2.03. The quantitative estimate of drug-likeness (QED) is 0.602. The molecular weight excluding hydrogens is 184 g/mol. The molecule has 1 rings (SSSR count). The molecule has 0 saturated carbocycles. The minimum Gasteiger partial charge on any atom is -0.398 e. The molecule has 15 heavy (non-hydrogen) atoms. The van der Waals surface area contributed by atoms with E-state index in [9.17, 15) is 0 Å². The van der Waals surface area contributed by atoms with Crippen molar-refractivity contribution in [2.24, 2.45) is 0 Å². The summed E-state index contributed by atoms with van der Waals surface area (Å²) in [7, 11) is 0. The van der Waals surface area contributed by atoms with Gasteiger partial charge in [0.1, 0.15) is 0 Å². The molecule has 0 heterocycles. The fourth-order valence-corrected chi connectivity index (χ4v) is 1.62. The number of anilines is 1. The molecule has 78 valence electrons. The van der Waals surface area contributed by atoms with Crippen LogP contribution in [0, 0.1) is 11.3 Å². The maximum atomic E-state index is 8.47. The van der Waals surface area contributed by atoms with E-state index in [0.717, 1.165) is 35.2 Å². The summed E-state index contributed by atoms with van der Waals surface area (Å²) in [4.78, 5) is 0. The molecule has 0 aliphatic carbocycles. The van der Waals surface area contributed by atoms with Gasteiger partial charge < -0.3 is 5.73 Å². The van der Waals surface area contributed by atoms with Crippen molar-refractivity contribution in [3.63, 3.8) is 0 Å². The largest absolute Gasteiger partial charge is 0.398 e. The van der Waals surface area contributed by atoms with Crippen LogP contribution in [0.1, 0.15) is 30.5 Å². The molecule has 0 spiro atoms. The van der Waals surface area contributed by atoms with Crippen molar-refractivity contribution in [2.45, 2.75) is 26.7 Å². The summed E-state index contributed by atoms with van der Waals surface area (Å²) in [6, 6.07) is 6.08. The number of nitrogen functional groups attached to an aromatic ring is 1. The highest BCUT2D eigenvalue weighted by molar-refractivity contribution is 5.63. The Labute approximate surface area is 91.0 Å². The van der Waals surface area contributed by atoms with E-state index < -0.39 is 0 Å². The van der Waals surface area contributed by atoms with Crippen molar-refractivity contribution in [1.29, 1.82) is 5.26 Å². The first-order chi connectivity index (χ1) is 7.22. The molecule has 1 aromatic carbocycles. The monoisotopic (exact) mass is 200 g/mol. The number of rotatable bonds is 3. The van der Waals surface area contributed by atoms with Gasteiger partial charge in [-0.1, -0.05) is 13.8 Å². The molecule has 0 fully saturated rings. The minimum absolute atomic E-state index is 0.897. The van der Waals surface area contributed by atoms with Gasteiger partial charge in [0.15, 0.2) is 0 Å². The lowest BCUT2D eigenvalue weighted by atomic mass is 9.99. The van der Waals surface area contributed by atoms with Gasteiger partial charge in [-0.05, 0) is 47.7 Å². The van der Waals surface area contributed by atoms with E-state index in [0.29, 0.717) is 0 Å². The van der Waals surface area contributed by atoms with E-state index in [1.807, 2.05) is 24.3 Å². The summed E-state index contributed by atoms with van der Waals surface area (Å²) in [5.74, 6) is 0. The van der Waals surface area contributed by atoms with Crippen LogP contribution in [0.15, 0.2) is 18.2 Å². The van der Waals surface area contributed by atoms with E-state index in [1.54, 1.807) is 0 Å². The Kier molecular flexibility index (Phi) is 3.93. The molecule has 0 aliphatic rings. The molecule has 0 amide bonds. The maximum absolute atomic E-state index is 8.47. The van der Waals surface area contributed by atoms with E-state index in [4.69, 9.17) is 11.0 Å². The van der Waals surface area contributed by atoms with Crippen molar-refractivity contribution in [2.75, 3.05) is 5.73 Å². The second kappa shape index (κ2) is 5.21. The smallest absolute Gasteiger partial charge is 0.0912 e. The zero-order valence-corrected chi connectivity index (χ0v) is 9.25. The number of hydrogen-bond acceptors (Lipinski definition) is 2. The second-order valence-electron chi connectivity index (χ2n) is 3.42. The first-order valence-corrected chi connectivity index (χ1v) is 5.20. The summed E-state index contributed by atoms with van der Waals surface area (Å²) in [5.41, 5.74) is 10.3. The summed E-state index contributed by atoms with van der Waals surface area (Å²) in [5, 5.41) is 8.47. The normalized spacial score (nSPS) is 10.5.